The maximum Gasteiger partial charge on any atom is 0.222 e. The molecule has 0 aromatic heterocycles. The van der Waals surface area contributed by atoms with Gasteiger partial charge in [-0.05, 0) is 37.8 Å². The van der Waals surface area contributed by atoms with Gasteiger partial charge in [0.15, 0.2) is 0 Å². The van der Waals surface area contributed by atoms with Gasteiger partial charge in [0.05, 0.1) is 0 Å². The summed E-state index contributed by atoms with van der Waals surface area (Å²) in [5.74, 6) is 1.45. The SMILES string of the molecule is C=CCN(C)C(=O)CC(C)C1CCNCC1. The van der Waals surface area contributed by atoms with E-state index in [1.807, 2.05) is 7.05 Å². The van der Waals surface area contributed by atoms with Crippen molar-refractivity contribution in [1.29, 1.82) is 0 Å². The van der Waals surface area contributed by atoms with Crippen LogP contribution in [0, 0.1) is 11.8 Å². The molecule has 1 amide bonds. The third-order valence-corrected chi connectivity index (χ3v) is 3.51. The van der Waals surface area contributed by atoms with Crippen LogP contribution >= 0.6 is 0 Å². The van der Waals surface area contributed by atoms with E-state index < -0.39 is 0 Å². The number of carbonyl (C=O) groups is 1. The summed E-state index contributed by atoms with van der Waals surface area (Å²) in [6.45, 7) is 8.71. The first kappa shape index (κ1) is 13.2. The first-order chi connectivity index (χ1) is 7.65. The molecule has 0 radical (unpaired) electrons. The Morgan fingerprint density at radius 1 is 1.56 bits per heavy atom. The summed E-state index contributed by atoms with van der Waals surface area (Å²) in [6, 6.07) is 0. The molecule has 1 saturated heterocycles. The highest BCUT2D eigenvalue weighted by atomic mass is 16.2. The molecule has 0 aliphatic carbocycles. The van der Waals surface area contributed by atoms with Crippen molar-refractivity contribution in [1.82, 2.24) is 10.2 Å². The van der Waals surface area contributed by atoms with E-state index in [1.165, 1.54) is 12.8 Å². The van der Waals surface area contributed by atoms with E-state index in [9.17, 15) is 4.79 Å². The van der Waals surface area contributed by atoms with Gasteiger partial charge in [0, 0.05) is 20.0 Å². The monoisotopic (exact) mass is 224 g/mol. The molecule has 1 heterocycles. The molecule has 3 nitrogen and oxygen atoms in total. The Bertz CT molecular complexity index is 234. The van der Waals surface area contributed by atoms with Crippen LogP contribution in [0.2, 0.25) is 0 Å². The molecule has 1 aliphatic heterocycles. The number of nitrogens with one attached hydrogen (secondary N) is 1. The Labute approximate surface area is 98.9 Å². The van der Waals surface area contributed by atoms with Crippen LogP contribution in [-0.4, -0.2) is 37.5 Å². The Morgan fingerprint density at radius 2 is 2.19 bits per heavy atom. The smallest absolute Gasteiger partial charge is 0.222 e. The highest BCUT2D eigenvalue weighted by molar-refractivity contribution is 5.76. The second-order valence-electron chi connectivity index (χ2n) is 4.83. The fraction of sp³-hybridized carbons (Fsp3) is 0.769. The van der Waals surface area contributed by atoms with Gasteiger partial charge in [-0.1, -0.05) is 13.0 Å². The van der Waals surface area contributed by atoms with Crippen molar-refractivity contribution in [3.05, 3.63) is 12.7 Å². The molecule has 16 heavy (non-hydrogen) atoms. The number of carbonyl (C=O) groups excluding carboxylic acids is 1. The minimum atomic E-state index is 0.242. The number of piperidine rings is 1. The highest BCUT2D eigenvalue weighted by Gasteiger charge is 2.22. The molecule has 92 valence electrons. The lowest BCUT2D eigenvalue weighted by molar-refractivity contribution is -0.130. The minimum Gasteiger partial charge on any atom is -0.342 e. The molecule has 0 aromatic rings. The predicted molar refractivity (Wildman–Crippen MR) is 67.2 cm³/mol. The Kier molecular flexibility index (Phi) is 5.53. The van der Waals surface area contributed by atoms with Crippen molar-refractivity contribution in [2.75, 3.05) is 26.7 Å². The largest absolute Gasteiger partial charge is 0.342 e. The van der Waals surface area contributed by atoms with E-state index in [-0.39, 0.29) is 5.91 Å². The fourth-order valence-corrected chi connectivity index (χ4v) is 2.31. The van der Waals surface area contributed by atoms with Crippen LogP contribution in [0.15, 0.2) is 12.7 Å². The average molecular weight is 224 g/mol. The highest BCUT2D eigenvalue weighted by Crippen LogP contribution is 2.24. The van der Waals surface area contributed by atoms with Crippen molar-refractivity contribution in [2.24, 2.45) is 11.8 Å². The molecule has 0 aromatic carbocycles. The van der Waals surface area contributed by atoms with Gasteiger partial charge in [0.1, 0.15) is 0 Å². The Morgan fingerprint density at radius 3 is 2.75 bits per heavy atom. The summed E-state index contributed by atoms with van der Waals surface area (Å²) in [5, 5.41) is 3.36. The van der Waals surface area contributed by atoms with E-state index in [0.29, 0.717) is 24.8 Å². The van der Waals surface area contributed by atoms with Gasteiger partial charge in [-0.15, -0.1) is 6.58 Å². The maximum atomic E-state index is 11.8. The molecule has 1 fully saturated rings. The van der Waals surface area contributed by atoms with Gasteiger partial charge in [-0.25, -0.2) is 0 Å². The summed E-state index contributed by atoms with van der Waals surface area (Å²) < 4.78 is 0. The van der Waals surface area contributed by atoms with Gasteiger partial charge in [0.25, 0.3) is 0 Å². The lowest BCUT2D eigenvalue weighted by Crippen LogP contribution is -2.34. The molecular formula is C13H24N2O. The predicted octanol–water partition coefficient (Wildman–Crippen LogP) is 1.66. The molecule has 1 N–H and O–H groups in total. The minimum absolute atomic E-state index is 0.242. The van der Waals surface area contributed by atoms with E-state index in [0.717, 1.165) is 13.1 Å². The number of amides is 1. The maximum absolute atomic E-state index is 11.8. The third kappa shape index (κ3) is 3.97. The van der Waals surface area contributed by atoms with Gasteiger partial charge in [-0.3, -0.25) is 4.79 Å². The van der Waals surface area contributed by atoms with Gasteiger partial charge >= 0.3 is 0 Å². The summed E-state index contributed by atoms with van der Waals surface area (Å²) >= 11 is 0. The number of hydrogen-bond acceptors (Lipinski definition) is 2. The number of hydrogen-bond donors (Lipinski definition) is 1. The fourth-order valence-electron chi connectivity index (χ4n) is 2.31. The molecule has 1 rings (SSSR count). The summed E-state index contributed by atoms with van der Waals surface area (Å²) in [6.07, 6.45) is 4.86. The standard InChI is InChI=1S/C13H24N2O/c1-4-9-15(3)13(16)10-11(2)12-5-7-14-8-6-12/h4,11-12,14H,1,5-10H2,2-3H3. The molecular weight excluding hydrogens is 200 g/mol. The lowest BCUT2D eigenvalue weighted by atomic mass is 9.84. The quantitative estimate of drug-likeness (QED) is 0.720. The van der Waals surface area contributed by atoms with Crippen LogP contribution in [0.1, 0.15) is 26.2 Å². The molecule has 1 atom stereocenters. The van der Waals surface area contributed by atoms with E-state index in [2.05, 4.69) is 18.8 Å². The normalized spacial score (nSPS) is 19.1. The number of likely N-dealkylation sites (N-methyl/N-ethyl adjacent to an activating group) is 1. The first-order valence-corrected chi connectivity index (χ1v) is 6.20. The Balaban J connectivity index is 2.34. The zero-order chi connectivity index (χ0) is 12.0. The lowest BCUT2D eigenvalue weighted by Gasteiger charge is -2.29. The first-order valence-electron chi connectivity index (χ1n) is 6.20. The van der Waals surface area contributed by atoms with Gasteiger partial charge in [-0.2, -0.15) is 0 Å². The van der Waals surface area contributed by atoms with Crippen molar-refractivity contribution >= 4 is 5.91 Å². The second kappa shape index (κ2) is 6.69. The molecule has 0 spiro atoms. The van der Waals surface area contributed by atoms with Gasteiger partial charge < -0.3 is 10.2 Å². The molecule has 1 aliphatic rings. The van der Waals surface area contributed by atoms with Crippen molar-refractivity contribution in [3.8, 4) is 0 Å². The van der Waals surface area contributed by atoms with Crippen LogP contribution in [0.3, 0.4) is 0 Å². The summed E-state index contributed by atoms with van der Waals surface area (Å²) in [5.41, 5.74) is 0. The molecule has 3 heteroatoms. The zero-order valence-electron chi connectivity index (χ0n) is 10.5. The second-order valence-corrected chi connectivity index (χ2v) is 4.83. The van der Waals surface area contributed by atoms with Crippen molar-refractivity contribution in [2.45, 2.75) is 26.2 Å². The number of nitrogens with zero attached hydrogens (tertiary/aromatic N) is 1. The van der Waals surface area contributed by atoms with Crippen molar-refractivity contribution < 1.29 is 4.79 Å². The topological polar surface area (TPSA) is 32.3 Å². The molecule has 0 bridgehead atoms. The molecule has 0 saturated carbocycles. The molecule has 1 unspecified atom stereocenters. The van der Waals surface area contributed by atoms with Crippen LogP contribution < -0.4 is 5.32 Å². The van der Waals surface area contributed by atoms with E-state index in [4.69, 9.17) is 0 Å². The number of rotatable bonds is 5. The van der Waals surface area contributed by atoms with E-state index >= 15 is 0 Å². The van der Waals surface area contributed by atoms with Crippen LogP contribution in [0.4, 0.5) is 0 Å². The zero-order valence-corrected chi connectivity index (χ0v) is 10.5. The summed E-state index contributed by atoms with van der Waals surface area (Å²) in [4.78, 5) is 13.6. The van der Waals surface area contributed by atoms with Crippen LogP contribution in [0.5, 0.6) is 0 Å². The Hall–Kier alpha value is -0.830. The van der Waals surface area contributed by atoms with Gasteiger partial charge in [0.2, 0.25) is 5.91 Å². The summed E-state index contributed by atoms with van der Waals surface area (Å²) in [7, 11) is 1.85. The third-order valence-electron chi connectivity index (χ3n) is 3.51. The van der Waals surface area contributed by atoms with Crippen LogP contribution in [0.25, 0.3) is 0 Å². The van der Waals surface area contributed by atoms with Crippen molar-refractivity contribution in [3.63, 3.8) is 0 Å². The van der Waals surface area contributed by atoms with Crippen LogP contribution in [-0.2, 0) is 4.79 Å². The average Bonchev–Trinajstić information content (AvgIpc) is 2.30. The van der Waals surface area contributed by atoms with E-state index in [1.54, 1.807) is 11.0 Å².